The number of fused-ring (bicyclic) bond motifs is 1. The summed E-state index contributed by atoms with van der Waals surface area (Å²) in [6.45, 7) is 0. The van der Waals surface area contributed by atoms with Crippen molar-refractivity contribution in [2.75, 3.05) is 19.5 Å². The predicted octanol–water partition coefficient (Wildman–Crippen LogP) is 3.27. The summed E-state index contributed by atoms with van der Waals surface area (Å²) in [7, 11) is 3.10. The van der Waals surface area contributed by atoms with Crippen LogP contribution in [-0.4, -0.2) is 32.2 Å². The highest BCUT2D eigenvalue weighted by atomic mass is 35.5. The van der Waals surface area contributed by atoms with Crippen LogP contribution < -0.4 is 16.0 Å². The molecule has 0 spiro atoms. The molecule has 142 valence electrons. The Morgan fingerprint density at radius 2 is 2.04 bits per heavy atom. The van der Waals surface area contributed by atoms with Crippen LogP contribution in [0.4, 0.5) is 14.9 Å². The van der Waals surface area contributed by atoms with Crippen LogP contribution in [0.5, 0.6) is 0 Å². The number of nitrogens with one attached hydrogen (secondary N) is 3. The molecular weight excluding hydrogens is 373 g/mol. The molecule has 3 N–H and O–H groups in total. The largest absolute Gasteiger partial charge is 0.379 e. The molecule has 1 unspecified atom stereocenters. The topological polar surface area (TPSA) is 79.5 Å². The van der Waals surface area contributed by atoms with Gasteiger partial charge in [0.05, 0.1) is 17.2 Å². The minimum atomic E-state index is -0.554. The van der Waals surface area contributed by atoms with E-state index in [0.29, 0.717) is 17.7 Å². The fraction of sp³-hybridized carbons (Fsp3) is 0.263. The maximum atomic E-state index is 13.3. The van der Waals surface area contributed by atoms with E-state index in [1.54, 1.807) is 19.2 Å². The molecule has 0 saturated heterocycles. The van der Waals surface area contributed by atoms with Gasteiger partial charge in [0.2, 0.25) is 0 Å². The Kier molecular flexibility index (Phi) is 5.62. The second-order valence-corrected chi connectivity index (χ2v) is 6.54. The number of carbonyl (C=O) groups excluding carboxylic acids is 2. The Bertz CT molecular complexity index is 890. The van der Waals surface area contributed by atoms with Gasteiger partial charge in [0, 0.05) is 31.8 Å². The van der Waals surface area contributed by atoms with Gasteiger partial charge in [-0.2, -0.15) is 0 Å². The first-order chi connectivity index (χ1) is 12.9. The number of amides is 3. The average Bonchev–Trinajstić information content (AvgIpc) is 3.02. The number of benzene rings is 2. The maximum Gasteiger partial charge on any atom is 0.315 e. The van der Waals surface area contributed by atoms with E-state index in [1.807, 2.05) is 6.07 Å². The van der Waals surface area contributed by atoms with Gasteiger partial charge in [-0.3, -0.25) is 4.79 Å². The second-order valence-electron chi connectivity index (χ2n) is 6.14. The number of ether oxygens (including phenoxy) is 1. The molecule has 0 radical (unpaired) electrons. The summed E-state index contributed by atoms with van der Waals surface area (Å²) in [6, 6.07) is 8.61. The van der Waals surface area contributed by atoms with Crippen molar-refractivity contribution in [1.82, 2.24) is 10.6 Å². The third kappa shape index (κ3) is 3.89. The second kappa shape index (κ2) is 7.94. The summed E-state index contributed by atoms with van der Waals surface area (Å²) >= 11 is 5.77. The monoisotopic (exact) mass is 391 g/mol. The Hall–Kier alpha value is -2.64. The first-order valence-electron chi connectivity index (χ1n) is 8.33. The lowest BCUT2D eigenvalue weighted by Gasteiger charge is -2.20. The number of carbonyl (C=O) groups is 2. The Labute approximate surface area is 161 Å². The van der Waals surface area contributed by atoms with Crippen LogP contribution in [-0.2, 0) is 11.2 Å². The van der Waals surface area contributed by atoms with Gasteiger partial charge in [0.1, 0.15) is 5.82 Å². The van der Waals surface area contributed by atoms with Crippen LogP contribution in [0.3, 0.4) is 0 Å². The summed E-state index contributed by atoms with van der Waals surface area (Å²) in [5, 5.41) is 8.02. The molecule has 1 aliphatic rings. The maximum absolute atomic E-state index is 13.3. The zero-order valence-corrected chi connectivity index (χ0v) is 15.6. The Balaban J connectivity index is 1.89. The molecule has 0 heterocycles. The van der Waals surface area contributed by atoms with E-state index in [4.69, 9.17) is 16.3 Å². The SMILES string of the molecule is CNC(=O)N[C@@H]1c2cccc(C(=O)Nc3ccc(F)c(Cl)c3)c2CC1OC. The average molecular weight is 392 g/mol. The van der Waals surface area contributed by atoms with Crippen LogP contribution >= 0.6 is 11.6 Å². The van der Waals surface area contributed by atoms with Crippen molar-refractivity contribution in [3.8, 4) is 0 Å². The van der Waals surface area contributed by atoms with Crippen molar-refractivity contribution in [1.29, 1.82) is 0 Å². The zero-order valence-electron chi connectivity index (χ0n) is 14.8. The standard InChI is InChI=1S/C19H19ClFN3O3/c1-22-19(26)24-17-11-4-3-5-12(13(11)9-16(17)27-2)18(25)23-10-6-7-15(21)14(20)8-10/h3-8,16-17H,9H2,1-2H3,(H,23,25)(H2,22,24,26)/t16?,17-/m1/s1. The zero-order chi connectivity index (χ0) is 19.6. The summed E-state index contributed by atoms with van der Waals surface area (Å²) in [4.78, 5) is 24.5. The molecule has 27 heavy (non-hydrogen) atoms. The van der Waals surface area contributed by atoms with Crippen LogP contribution in [0.15, 0.2) is 36.4 Å². The van der Waals surface area contributed by atoms with E-state index in [0.717, 1.165) is 11.1 Å². The van der Waals surface area contributed by atoms with Crippen molar-refractivity contribution in [3.63, 3.8) is 0 Å². The highest BCUT2D eigenvalue weighted by molar-refractivity contribution is 6.31. The molecule has 8 heteroatoms. The fourth-order valence-corrected chi connectivity index (χ4v) is 3.41. The molecule has 6 nitrogen and oxygen atoms in total. The van der Waals surface area contributed by atoms with E-state index >= 15 is 0 Å². The van der Waals surface area contributed by atoms with E-state index in [9.17, 15) is 14.0 Å². The smallest absolute Gasteiger partial charge is 0.315 e. The van der Waals surface area contributed by atoms with Crippen LogP contribution in [0, 0.1) is 5.82 Å². The van der Waals surface area contributed by atoms with Gasteiger partial charge < -0.3 is 20.7 Å². The number of anilines is 1. The molecule has 3 rings (SSSR count). The van der Waals surface area contributed by atoms with Gasteiger partial charge in [-0.05, 0) is 35.4 Å². The molecule has 0 bridgehead atoms. The molecule has 0 saturated carbocycles. The van der Waals surface area contributed by atoms with Crippen molar-refractivity contribution in [2.45, 2.75) is 18.6 Å². The number of hydrogen-bond donors (Lipinski definition) is 3. The lowest BCUT2D eigenvalue weighted by molar-refractivity contribution is 0.0814. The number of methoxy groups -OCH3 is 1. The van der Waals surface area contributed by atoms with Gasteiger partial charge >= 0.3 is 6.03 Å². The molecular formula is C19H19ClFN3O3. The number of rotatable bonds is 4. The Morgan fingerprint density at radius 1 is 1.26 bits per heavy atom. The third-order valence-electron chi connectivity index (χ3n) is 4.56. The van der Waals surface area contributed by atoms with Crippen molar-refractivity contribution in [3.05, 3.63) is 63.9 Å². The number of urea groups is 1. The van der Waals surface area contributed by atoms with Crippen molar-refractivity contribution < 1.29 is 18.7 Å². The van der Waals surface area contributed by atoms with Crippen LogP contribution in [0.2, 0.25) is 5.02 Å². The molecule has 2 aromatic carbocycles. The first-order valence-corrected chi connectivity index (χ1v) is 8.71. The Morgan fingerprint density at radius 3 is 2.70 bits per heavy atom. The summed E-state index contributed by atoms with van der Waals surface area (Å²) in [5.74, 6) is -0.897. The lowest BCUT2D eigenvalue weighted by Crippen LogP contribution is -2.39. The van der Waals surface area contributed by atoms with Gasteiger partial charge in [0.15, 0.2) is 0 Å². The predicted molar refractivity (Wildman–Crippen MR) is 101 cm³/mol. The minimum Gasteiger partial charge on any atom is -0.379 e. The minimum absolute atomic E-state index is 0.0691. The first kappa shape index (κ1) is 19.1. The molecule has 3 amide bonds. The van der Waals surface area contributed by atoms with Gasteiger partial charge in [-0.15, -0.1) is 0 Å². The fourth-order valence-electron chi connectivity index (χ4n) is 3.23. The van der Waals surface area contributed by atoms with Gasteiger partial charge in [-0.25, -0.2) is 9.18 Å². The van der Waals surface area contributed by atoms with Crippen LogP contribution in [0.1, 0.15) is 27.5 Å². The van der Waals surface area contributed by atoms with Crippen molar-refractivity contribution in [2.24, 2.45) is 0 Å². The van der Waals surface area contributed by atoms with E-state index in [2.05, 4.69) is 16.0 Å². The molecule has 0 fully saturated rings. The molecule has 2 atom stereocenters. The summed E-state index contributed by atoms with van der Waals surface area (Å²) < 4.78 is 18.8. The van der Waals surface area contributed by atoms with Gasteiger partial charge in [0.25, 0.3) is 5.91 Å². The highest BCUT2D eigenvalue weighted by Crippen LogP contribution is 2.35. The molecule has 1 aliphatic carbocycles. The van der Waals surface area contributed by atoms with Gasteiger partial charge in [-0.1, -0.05) is 23.7 Å². The van der Waals surface area contributed by atoms with Crippen LogP contribution in [0.25, 0.3) is 0 Å². The summed E-state index contributed by atoms with van der Waals surface area (Å²) in [5.41, 5.74) is 2.49. The number of halogens is 2. The number of hydrogen-bond acceptors (Lipinski definition) is 3. The molecule has 0 aliphatic heterocycles. The lowest BCUT2D eigenvalue weighted by atomic mass is 10.0. The molecule has 2 aromatic rings. The van der Waals surface area contributed by atoms with Crippen molar-refractivity contribution >= 4 is 29.2 Å². The van der Waals surface area contributed by atoms with E-state index in [1.165, 1.54) is 25.2 Å². The summed E-state index contributed by atoms with van der Waals surface area (Å²) in [6.07, 6.45) is 0.195. The van der Waals surface area contributed by atoms with E-state index in [-0.39, 0.29) is 29.1 Å². The quantitative estimate of drug-likeness (QED) is 0.748. The third-order valence-corrected chi connectivity index (χ3v) is 4.85. The van der Waals surface area contributed by atoms with E-state index < -0.39 is 5.82 Å². The molecule has 0 aromatic heterocycles. The normalized spacial score (nSPS) is 17.9. The highest BCUT2D eigenvalue weighted by Gasteiger charge is 2.36.